The van der Waals surface area contributed by atoms with E-state index in [1.54, 1.807) is 19.4 Å². The summed E-state index contributed by atoms with van der Waals surface area (Å²) in [7, 11) is 2.92. The summed E-state index contributed by atoms with van der Waals surface area (Å²) in [6, 6.07) is 5.51. The Morgan fingerprint density at radius 2 is 1.97 bits per heavy atom. The molecule has 0 bridgehead atoms. The molecule has 0 spiro atoms. The second-order valence-electron chi connectivity index (χ2n) is 9.06. The van der Waals surface area contributed by atoms with E-state index in [0.717, 1.165) is 17.9 Å². The third-order valence-electron chi connectivity index (χ3n) is 6.74. The summed E-state index contributed by atoms with van der Waals surface area (Å²) in [6.07, 6.45) is 4.66. The third-order valence-corrected chi connectivity index (χ3v) is 7.03. The largest absolute Gasteiger partial charge is 0.495 e. The number of halogens is 1. The number of benzene rings is 1. The highest BCUT2D eigenvalue weighted by molar-refractivity contribution is 6.32. The Bertz CT molecular complexity index is 1280. The fourth-order valence-corrected chi connectivity index (χ4v) is 4.93. The van der Waals surface area contributed by atoms with Gasteiger partial charge in [-0.05, 0) is 30.5 Å². The normalized spacial score (nSPS) is 15.9. The predicted octanol–water partition coefficient (Wildman–Crippen LogP) is 2.72. The molecule has 12 heteroatoms. The molecule has 2 aromatic heterocycles. The number of esters is 1. The Morgan fingerprint density at radius 1 is 1.16 bits per heavy atom. The van der Waals surface area contributed by atoms with Crippen LogP contribution in [-0.4, -0.2) is 70.6 Å². The van der Waals surface area contributed by atoms with Crippen molar-refractivity contribution in [3.63, 3.8) is 0 Å². The van der Waals surface area contributed by atoms with Crippen LogP contribution in [0.25, 0.3) is 0 Å². The number of hydrogen-bond donors (Lipinski definition) is 2. The van der Waals surface area contributed by atoms with Crippen LogP contribution in [-0.2, 0) is 24.4 Å². The van der Waals surface area contributed by atoms with Crippen molar-refractivity contribution >= 4 is 35.2 Å². The lowest BCUT2D eigenvalue weighted by atomic mass is 10.1. The highest BCUT2D eigenvalue weighted by Gasteiger charge is 2.30. The van der Waals surface area contributed by atoms with Gasteiger partial charge in [0.05, 0.1) is 31.9 Å². The van der Waals surface area contributed by atoms with Gasteiger partial charge in [-0.3, -0.25) is 0 Å². The van der Waals surface area contributed by atoms with E-state index in [2.05, 4.69) is 14.9 Å². The molecule has 1 fully saturated rings. The van der Waals surface area contributed by atoms with E-state index in [9.17, 15) is 9.90 Å². The molecule has 5 rings (SSSR count). The first-order valence-corrected chi connectivity index (χ1v) is 12.6. The second kappa shape index (κ2) is 10.8. The average Bonchev–Trinajstić information content (AvgIpc) is 3.39. The van der Waals surface area contributed by atoms with Crippen LogP contribution in [0.5, 0.6) is 5.75 Å². The van der Waals surface area contributed by atoms with E-state index >= 15 is 0 Å². The molecule has 2 aliphatic heterocycles. The zero-order valence-electron chi connectivity index (χ0n) is 20.9. The van der Waals surface area contributed by atoms with Gasteiger partial charge < -0.3 is 34.3 Å². The molecule has 0 unspecified atom stereocenters. The lowest BCUT2D eigenvalue weighted by molar-refractivity contribution is 0.0601. The van der Waals surface area contributed by atoms with Gasteiger partial charge in [-0.1, -0.05) is 17.7 Å². The lowest BCUT2D eigenvalue weighted by Crippen LogP contribution is -2.39. The highest BCUT2D eigenvalue weighted by Crippen LogP contribution is 2.32. The molecule has 3 aromatic rings. The molecule has 0 saturated carbocycles. The van der Waals surface area contributed by atoms with Crippen LogP contribution in [0.15, 0.2) is 30.6 Å². The predicted molar refractivity (Wildman–Crippen MR) is 139 cm³/mol. The van der Waals surface area contributed by atoms with Crippen molar-refractivity contribution < 1.29 is 19.4 Å². The van der Waals surface area contributed by atoms with Gasteiger partial charge in [-0.25, -0.2) is 9.78 Å². The van der Waals surface area contributed by atoms with E-state index in [4.69, 9.17) is 31.0 Å². The molecule has 2 aliphatic rings. The standard InChI is InChI=1S/C25H30ClN7O4/c1-36-19-4-3-16(13-18(19)26)14-28-22-21(24(35)37-2)23(33-12-11-31-10-7-27-20(31)15-33)30-25(29-22)32-8-5-17(34)6-9-32/h3-4,7,10,13,17,34H,5-6,8-9,11-12,14-15H2,1-2H3,(H,28,29,30). The molecule has 0 radical (unpaired) electrons. The minimum absolute atomic E-state index is 0.267. The molecule has 1 saturated heterocycles. The van der Waals surface area contributed by atoms with Gasteiger partial charge in [-0.15, -0.1) is 0 Å². The fraction of sp³-hybridized carbons (Fsp3) is 0.440. The van der Waals surface area contributed by atoms with Crippen molar-refractivity contribution in [3.05, 3.63) is 52.6 Å². The Kier molecular flexibility index (Phi) is 7.33. The molecule has 2 N–H and O–H groups in total. The second-order valence-corrected chi connectivity index (χ2v) is 9.47. The van der Waals surface area contributed by atoms with Crippen LogP contribution < -0.4 is 19.9 Å². The number of imidazole rings is 1. The van der Waals surface area contributed by atoms with Crippen molar-refractivity contribution in [1.29, 1.82) is 0 Å². The molecule has 37 heavy (non-hydrogen) atoms. The number of fused-ring (bicyclic) bond motifs is 1. The zero-order chi connectivity index (χ0) is 25.9. The molecule has 11 nitrogen and oxygen atoms in total. The number of aliphatic hydroxyl groups excluding tert-OH is 1. The average molecular weight is 528 g/mol. The molecule has 4 heterocycles. The number of anilines is 3. The van der Waals surface area contributed by atoms with Crippen molar-refractivity contribution in [2.75, 3.05) is 49.0 Å². The third kappa shape index (κ3) is 5.28. The van der Waals surface area contributed by atoms with Crippen molar-refractivity contribution in [2.24, 2.45) is 0 Å². The number of rotatable bonds is 7. The number of methoxy groups -OCH3 is 2. The Morgan fingerprint density at radius 3 is 2.70 bits per heavy atom. The van der Waals surface area contributed by atoms with Gasteiger partial charge in [-0.2, -0.15) is 9.97 Å². The number of carbonyl (C=O) groups is 1. The van der Waals surface area contributed by atoms with Crippen molar-refractivity contribution in [3.8, 4) is 5.75 Å². The van der Waals surface area contributed by atoms with E-state index in [0.29, 0.717) is 73.9 Å². The molecule has 0 amide bonds. The van der Waals surface area contributed by atoms with Crippen LogP contribution in [0, 0.1) is 0 Å². The first-order chi connectivity index (χ1) is 18.0. The SMILES string of the molecule is COC(=O)c1c(NCc2ccc(OC)c(Cl)c2)nc(N2CCC(O)CC2)nc1N1CCn2ccnc2C1. The number of piperidine rings is 1. The van der Waals surface area contributed by atoms with E-state index in [1.807, 2.05) is 28.1 Å². The zero-order valence-corrected chi connectivity index (χ0v) is 21.6. The van der Waals surface area contributed by atoms with Crippen molar-refractivity contribution in [1.82, 2.24) is 19.5 Å². The smallest absolute Gasteiger partial charge is 0.345 e. The van der Waals surface area contributed by atoms with Gasteiger partial charge in [0.2, 0.25) is 5.95 Å². The monoisotopic (exact) mass is 527 g/mol. The lowest BCUT2D eigenvalue weighted by Gasteiger charge is -2.33. The van der Waals surface area contributed by atoms with Crippen LogP contribution >= 0.6 is 11.6 Å². The number of nitrogens with one attached hydrogen (secondary N) is 1. The maximum Gasteiger partial charge on any atom is 0.345 e. The summed E-state index contributed by atoms with van der Waals surface area (Å²) in [6.45, 7) is 3.48. The Labute approximate surface area is 220 Å². The minimum Gasteiger partial charge on any atom is -0.495 e. The van der Waals surface area contributed by atoms with Crippen LogP contribution in [0.3, 0.4) is 0 Å². The van der Waals surface area contributed by atoms with Crippen molar-refractivity contribution in [2.45, 2.75) is 38.6 Å². The topological polar surface area (TPSA) is 118 Å². The highest BCUT2D eigenvalue weighted by atomic mass is 35.5. The van der Waals surface area contributed by atoms with Gasteiger partial charge in [0.15, 0.2) is 5.82 Å². The summed E-state index contributed by atoms with van der Waals surface area (Å²) in [5, 5.41) is 13.8. The Balaban J connectivity index is 1.53. The van der Waals surface area contributed by atoms with Crippen LogP contribution in [0.4, 0.5) is 17.6 Å². The summed E-state index contributed by atoms with van der Waals surface area (Å²) in [5.41, 5.74) is 1.16. The number of aromatic nitrogens is 4. The molecule has 196 valence electrons. The quantitative estimate of drug-likeness (QED) is 0.444. The van der Waals surface area contributed by atoms with Crippen LogP contribution in [0.2, 0.25) is 5.02 Å². The summed E-state index contributed by atoms with van der Waals surface area (Å²) >= 11 is 6.32. The maximum atomic E-state index is 13.1. The molecule has 0 atom stereocenters. The van der Waals surface area contributed by atoms with Gasteiger partial charge in [0.25, 0.3) is 0 Å². The number of hydrogen-bond acceptors (Lipinski definition) is 10. The van der Waals surface area contributed by atoms with E-state index in [-0.39, 0.29) is 11.7 Å². The van der Waals surface area contributed by atoms with Gasteiger partial charge >= 0.3 is 5.97 Å². The number of nitrogens with zero attached hydrogens (tertiary/aromatic N) is 6. The first-order valence-electron chi connectivity index (χ1n) is 12.2. The van der Waals surface area contributed by atoms with Gasteiger partial charge in [0.1, 0.15) is 23.0 Å². The van der Waals surface area contributed by atoms with E-state index in [1.165, 1.54) is 7.11 Å². The molecule has 1 aromatic carbocycles. The minimum atomic E-state index is -0.528. The van der Waals surface area contributed by atoms with Crippen LogP contribution in [0.1, 0.15) is 34.6 Å². The fourth-order valence-electron chi connectivity index (χ4n) is 4.65. The van der Waals surface area contributed by atoms with Gasteiger partial charge in [0, 0.05) is 45.1 Å². The Hall–Kier alpha value is -3.57. The number of ether oxygens (including phenoxy) is 2. The maximum absolute atomic E-state index is 13.1. The number of carbonyl (C=O) groups excluding carboxylic acids is 1. The molecule has 0 aliphatic carbocycles. The van der Waals surface area contributed by atoms with E-state index < -0.39 is 5.97 Å². The first kappa shape index (κ1) is 25.1. The molecular weight excluding hydrogens is 498 g/mol. The summed E-state index contributed by atoms with van der Waals surface area (Å²) in [5.74, 6) is 2.32. The summed E-state index contributed by atoms with van der Waals surface area (Å²) in [4.78, 5) is 31.3. The molecular formula is C25H30ClN7O4. The summed E-state index contributed by atoms with van der Waals surface area (Å²) < 4.78 is 12.5. The number of aliphatic hydroxyl groups is 1.